The molecule has 1 aromatic carbocycles. The van der Waals surface area contributed by atoms with Gasteiger partial charge >= 0.3 is 0 Å². The molecule has 2 heterocycles. The van der Waals surface area contributed by atoms with Crippen LogP contribution in [-0.2, 0) is 14.6 Å². The van der Waals surface area contributed by atoms with Crippen LogP contribution in [0.1, 0.15) is 25.8 Å². The molecular weight excluding hydrogens is 386 g/mol. The molecule has 2 aliphatic rings. The molecule has 0 aromatic heterocycles. The van der Waals surface area contributed by atoms with E-state index in [0.717, 1.165) is 16.9 Å². The van der Waals surface area contributed by atoms with Crippen LogP contribution in [-0.4, -0.2) is 49.9 Å². The fourth-order valence-electron chi connectivity index (χ4n) is 3.37. The van der Waals surface area contributed by atoms with E-state index in [1.807, 2.05) is 32.1 Å². The molecule has 0 N–H and O–H groups in total. The van der Waals surface area contributed by atoms with Gasteiger partial charge in [-0.1, -0.05) is 31.5 Å². The molecule has 0 spiro atoms. The zero-order valence-electron chi connectivity index (χ0n) is 15.5. The highest BCUT2D eigenvalue weighted by atomic mass is 35.5. The van der Waals surface area contributed by atoms with Gasteiger partial charge in [0.05, 0.1) is 11.5 Å². The molecule has 3 rings (SSSR count). The Kier molecular flexibility index (Phi) is 5.96. The highest BCUT2D eigenvalue weighted by Gasteiger charge is 2.34. The van der Waals surface area contributed by atoms with Crippen molar-refractivity contribution in [2.45, 2.75) is 26.3 Å². The van der Waals surface area contributed by atoms with Crippen LogP contribution < -0.4 is 4.74 Å². The van der Waals surface area contributed by atoms with E-state index in [4.69, 9.17) is 16.3 Å². The summed E-state index contributed by atoms with van der Waals surface area (Å²) in [5.41, 5.74) is 1.74. The number of nitrogens with zero attached hydrogens (tertiary/aromatic N) is 1. The quantitative estimate of drug-likeness (QED) is 0.699. The third-order valence-electron chi connectivity index (χ3n) is 4.64. The molecule has 1 unspecified atom stereocenters. The van der Waals surface area contributed by atoms with Crippen LogP contribution in [0.15, 0.2) is 35.9 Å². The second-order valence-corrected chi connectivity index (χ2v) is 10.1. The van der Waals surface area contributed by atoms with Gasteiger partial charge in [0.1, 0.15) is 12.4 Å². The zero-order valence-corrected chi connectivity index (χ0v) is 17.1. The number of ether oxygens (including phenoxy) is 1. The number of fused-ring (bicyclic) bond motifs is 1. The molecule has 2 aliphatic heterocycles. The SMILES string of the molecule is CC(C)CN(C(=O)C=CC1=Cc2cc(Cl)ccc2OC1)C1CCS(=O)(=O)C1. The highest BCUT2D eigenvalue weighted by molar-refractivity contribution is 7.91. The third kappa shape index (κ3) is 5.14. The summed E-state index contributed by atoms with van der Waals surface area (Å²) in [5.74, 6) is 1.07. The van der Waals surface area contributed by atoms with Crippen molar-refractivity contribution in [3.8, 4) is 5.75 Å². The Labute approximate surface area is 165 Å². The van der Waals surface area contributed by atoms with Crippen LogP contribution in [0.4, 0.5) is 0 Å². The van der Waals surface area contributed by atoms with Crippen molar-refractivity contribution >= 4 is 33.4 Å². The Bertz CT molecular complexity index is 889. The van der Waals surface area contributed by atoms with E-state index in [-0.39, 0.29) is 29.4 Å². The fraction of sp³-hybridized carbons (Fsp3) is 0.450. The van der Waals surface area contributed by atoms with E-state index >= 15 is 0 Å². The van der Waals surface area contributed by atoms with Gasteiger partial charge in [-0.2, -0.15) is 0 Å². The molecular formula is C20H24ClNO4S. The molecule has 1 saturated heterocycles. The Morgan fingerprint density at radius 2 is 2.19 bits per heavy atom. The molecule has 1 fully saturated rings. The summed E-state index contributed by atoms with van der Waals surface area (Å²) in [4.78, 5) is 14.5. The monoisotopic (exact) mass is 409 g/mol. The average Bonchev–Trinajstić information content (AvgIpc) is 2.96. The van der Waals surface area contributed by atoms with Gasteiger partial charge in [-0.3, -0.25) is 4.79 Å². The van der Waals surface area contributed by atoms with Crippen LogP contribution in [0.5, 0.6) is 5.75 Å². The summed E-state index contributed by atoms with van der Waals surface area (Å²) < 4.78 is 29.3. The molecule has 7 heteroatoms. The number of carbonyl (C=O) groups is 1. The van der Waals surface area contributed by atoms with Crippen LogP contribution in [0.3, 0.4) is 0 Å². The summed E-state index contributed by atoms with van der Waals surface area (Å²) >= 11 is 6.02. The summed E-state index contributed by atoms with van der Waals surface area (Å²) in [7, 11) is -3.04. The molecule has 1 amide bonds. The van der Waals surface area contributed by atoms with Crippen molar-refractivity contribution in [1.82, 2.24) is 4.90 Å². The van der Waals surface area contributed by atoms with Crippen molar-refractivity contribution in [2.75, 3.05) is 24.7 Å². The zero-order chi connectivity index (χ0) is 19.6. The largest absolute Gasteiger partial charge is 0.488 e. The molecule has 146 valence electrons. The van der Waals surface area contributed by atoms with E-state index in [1.165, 1.54) is 6.08 Å². The van der Waals surface area contributed by atoms with E-state index < -0.39 is 9.84 Å². The topological polar surface area (TPSA) is 63.7 Å². The lowest BCUT2D eigenvalue weighted by Gasteiger charge is -2.29. The van der Waals surface area contributed by atoms with Gasteiger partial charge in [0.2, 0.25) is 5.91 Å². The summed E-state index contributed by atoms with van der Waals surface area (Å²) in [6.07, 6.45) is 5.70. The Morgan fingerprint density at radius 3 is 2.85 bits per heavy atom. The Balaban J connectivity index is 1.75. The first-order chi connectivity index (χ1) is 12.7. The van der Waals surface area contributed by atoms with Crippen molar-refractivity contribution in [3.05, 3.63) is 46.5 Å². The molecule has 0 radical (unpaired) electrons. The van der Waals surface area contributed by atoms with Gasteiger partial charge in [0.25, 0.3) is 0 Å². The van der Waals surface area contributed by atoms with Gasteiger partial charge in [0.15, 0.2) is 9.84 Å². The van der Waals surface area contributed by atoms with Gasteiger partial charge in [-0.15, -0.1) is 0 Å². The van der Waals surface area contributed by atoms with Gasteiger partial charge in [0, 0.05) is 29.2 Å². The van der Waals surface area contributed by atoms with E-state index in [9.17, 15) is 13.2 Å². The predicted molar refractivity (Wildman–Crippen MR) is 108 cm³/mol. The number of amides is 1. The van der Waals surface area contributed by atoms with Gasteiger partial charge < -0.3 is 9.64 Å². The molecule has 1 atom stereocenters. The van der Waals surface area contributed by atoms with Crippen LogP contribution in [0.2, 0.25) is 5.02 Å². The second-order valence-electron chi connectivity index (χ2n) is 7.46. The predicted octanol–water partition coefficient (Wildman–Crippen LogP) is 3.34. The first-order valence-corrected chi connectivity index (χ1v) is 11.3. The number of benzene rings is 1. The Morgan fingerprint density at radius 1 is 1.41 bits per heavy atom. The Hall–Kier alpha value is -1.79. The number of sulfone groups is 1. The highest BCUT2D eigenvalue weighted by Crippen LogP contribution is 2.29. The third-order valence-corrected chi connectivity index (χ3v) is 6.63. The summed E-state index contributed by atoms with van der Waals surface area (Å²) in [6, 6.07) is 5.17. The molecule has 1 aromatic rings. The van der Waals surface area contributed by atoms with Crippen molar-refractivity contribution < 1.29 is 17.9 Å². The second kappa shape index (κ2) is 8.07. The van der Waals surface area contributed by atoms with Gasteiger partial charge in [-0.05, 0) is 42.2 Å². The lowest BCUT2D eigenvalue weighted by Crippen LogP contribution is -2.42. The standard InChI is InChI=1S/C20H24ClNO4S/c1-14(2)11-22(18-7-8-27(24,25)13-18)20(23)6-3-15-9-16-10-17(21)4-5-19(16)26-12-15/h3-6,9-10,14,18H,7-8,11-13H2,1-2H3. The fourth-order valence-corrected chi connectivity index (χ4v) is 5.28. The van der Waals surface area contributed by atoms with E-state index in [2.05, 4.69) is 0 Å². The van der Waals surface area contributed by atoms with E-state index in [1.54, 1.807) is 17.0 Å². The first-order valence-electron chi connectivity index (χ1n) is 9.05. The van der Waals surface area contributed by atoms with Crippen LogP contribution in [0.25, 0.3) is 6.08 Å². The molecule has 27 heavy (non-hydrogen) atoms. The molecule has 0 aliphatic carbocycles. The minimum atomic E-state index is -3.04. The maximum atomic E-state index is 12.8. The van der Waals surface area contributed by atoms with Crippen LogP contribution in [0, 0.1) is 5.92 Å². The minimum Gasteiger partial charge on any atom is -0.488 e. The maximum absolute atomic E-state index is 12.8. The lowest BCUT2D eigenvalue weighted by atomic mass is 10.1. The maximum Gasteiger partial charge on any atom is 0.246 e. The minimum absolute atomic E-state index is 0.0526. The van der Waals surface area contributed by atoms with Gasteiger partial charge in [-0.25, -0.2) is 8.42 Å². The summed E-state index contributed by atoms with van der Waals surface area (Å²) in [5, 5.41) is 0.625. The smallest absolute Gasteiger partial charge is 0.246 e. The number of hydrogen-bond acceptors (Lipinski definition) is 4. The number of carbonyl (C=O) groups excluding carboxylic acids is 1. The van der Waals surface area contributed by atoms with Crippen molar-refractivity contribution in [2.24, 2.45) is 5.92 Å². The van der Waals surface area contributed by atoms with Crippen molar-refractivity contribution in [3.63, 3.8) is 0 Å². The van der Waals surface area contributed by atoms with Crippen molar-refractivity contribution in [1.29, 1.82) is 0 Å². The van der Waals surface area contributed by atoms with E-state index in [0.29, 0.717) is 24.6 Å². The molecule has 0 bridgehead atoms. The summed E-state index contributed by atoms with van der Waals surface area (Å²) in [6.45, 7) is 4.95. The number of rotatable bonds is 5. The molecule has 5 nitrogen and oxygen atoms in total. The van der Waals surface area contributed by atoms with Crippen LogP contribution >= 0.6 is 11.6 Å². The first kappa shape index (κ1) is 20.0. The normalized spacial score (nSPS) is 21.0. The average molecular weight is 410 g/mol. The molecule has 0 saturated carbocycles. The number of halogens is 1. The number of hydrogen-bond donors (Lipinski definition) is 0. The lowest BCUT2D eigenvalue weighted by molar-refractivity contribution is -0.128.